The number of nitrogens with one attached hydrogen (secondary N) is 1. The summed E-state index contributed by atoms with van der Waals surface area (Å²) in [5.74, 6) is 1.47. The fourth-order valence-electron chi connectivity index (χ4n) is 8.84. The Morgan fingerprint density at radius 3 is 2.19 bits per heavy atom. The summed E-state index contributed by atoms with van der Waals surface area (Å²) in [6.07, 6.45) is 6.41. The van der Waals surface area contributed by atoms with Gasteiger partial charge in [0.2, 0.25) is 0 Å². The van der Waals surface area contributed by atoms with Gasteiger partial charge in [0.1, 0.15) is 34.3 Å². The molecule has 1 atom stereocenters. The van der Waals surface area contributed by atoms with Gasteiger partial charge in [-0.3, -0.25) is 0 Å². The number of aliphatic imine (C=N–C) groups is 2. The Balaban J connectivity index is 0.957. The van der Waals surface area contributed by atoms with Crippen molar-refractivity contribution in [3.8, 4) is 16.8 Å². The Morgan fingerprint density at radius 2 is 1.30 bits per heavy atom. The quantitative estimate of drug-likeness (QED) is 0.191. The zero-order valence-corrected chi connectivity index (χ0v) is 30.8. The lowest BCUT2D eigenvalue weighted by molar-refractivity contribution is 0.668. The van der Waals surface area contributed by atoms with E-state index >= 15 is 0 Å². The van der Waals surface area contributed by atoms with Gasteiger partial charge in [0, 0.05) is 38.4 Å². The van der Waals surface area contributed by atoms with E-state index in [1.54, 1.807) is 0 Å². The van der Waals surface area contributed by atoms with Gasteiger partial charge in [0.25, 0.3) is 0 Å². The van der Waals surface area contributed by atoms with E-state index in [-0.39, 0.29) is 6.17 Å². The average Bonchev–Trinajstić information content (AvgIpc) is 3.95. The van der Waals surface area contributed by atoms with Crippen LogP contribution in [0.25, 0.3) is 77.7 Å². The van der Waals surface area contributed by atoms with Crippen molar-refractivity contribution in [3.63, 3.8) is 0 Å². The maximum atomic E-state index is 6.53. The molecule has 2 aliphatic rings. The molecule has 0 amide bonds. The Morgan fingerprint density at radius 1 is 0.561 bits per heavy atom. The molecule has 6 heteroatoms. The zero-order chi connectivity index (χ0) is 37.5. The van der Waals surface area contributed by atoms with E-state index in [2.05, 4.69) is 137 Å². The van der Waals surface area contributed by atoms with E-state index in [9.17, 15) is 0 Å². The minimum Gasteiger partial charge on any atom is -0.456 e. The second-order valence-electron chi connectivity index (χ2n) is 14.9. The number of allylic oxidation sites excluding steroid dienone is 1. The fourth-order valence-corrected chi connectivity index (χ4v) is 8.84. The van der Waals surface area contributed by atoms with E-state index < -0.39 is 0 Å². The highest BCUT2D eigenvalue weighted by Gasteiger charge is 2.23. The molecule has 12 rings (SSSR count). The van der Waals surface area contributed by atoms with Crippen molar-refractivity contribution in [3.05, 3.63) is 192 Å². The summed E-state index contributed by atoms with van der Waals surface area (Å²) in [5, 5.41) is 9.15. The smallest absolute Gasteiger partial charge is 0.159 e. The van der Waals surface area contributed by atoms with Crippen LogP contribution in [0.1, 0.15) is 40.5 Å². The second-order valence-corrected chi connectivity index (χ2v) is 14.9. The molecule has 1 aliphatic carbocycles. The second kappa shape index (κ2) is 12.5. The molecule has 1 unspecified atom stereocenters. The largest absolute Gasteiger partial charge is 0.456 e. The number of fused-ring (bicyclic) bond motifs is 9. The molecule has 7 aromatic carbocycles. The molecule has 1 N–H and O–H groups in total. The van der Waals surface area contributed by atoms with Gasteiger partial charge in [-0.15, -0.1) is 0 Å². The number of aromatic nitrogens is 1. The van der Waals surface area contributed by atoms with E-state index in [1.807, 2.05) is 42.5 Å². The Kier molecular flexibility index (Phi) is 7.01. The number of aryl methyl sites for hydroxylation is 1. The van der Waals surface area contributed by atoms with E-state index in [0.717, 1.165) is 96.1 Å². The van der Waals surface area contributed by atoms with Crippen molar-refractivity contribution in [2.45, 2.75) is 19.0 Å². The number of amidine groups is 2. The summed E-state index contributed by atoms with van der Waals surface area (Å²) >= 11 is 0. The van der Waals surface area contributed by atoms with Gasteiger partial charge in [-0.25, -0.2) is 9.98 Å². The third-order valence-electron chi connectivity index (χ3n) is 11.5. The van der Waals surface area contributed by atoms with Gasteiger partial charge in [0.15, 0.2) is 5.84 Å². The predicted octanol–water partition coefficient (Wildman–Crippen LogP) is 12.6. The molecule has 0 saturated carbocycles. The lowest BCUT2D eigenvalue weighted by Crippen LogP contribution is -2.33. The number of rotatable bonds is 5. The Hall–Kier alpha value is -7.44. The highest BCUT2D eigenvalue weighted by molar-refractivity contribution is 6.16. The van der Waals surface area contributed by atoms with Crippen LogP contribution in [-0.4, -0.2) is 16.2 Å². The molecular formula is C51H34N4O2. The predicted molar refractivity (Wildman–Crippen MR) is 232 cm³/mol. The molecular weight excluding hydrogens is 701 g/mol. The Bertz CT molecular complexity index is 3330. The van der Waals surface area contributed by atoms with Crippen LogP contribution in [0, 0.1) is 0 Å². The number of hydrogen-bond acceptors (Lipinski definition) is 5. The first-order chi connectivity index (χ1) is 28.2. The van der Waals surface area contributed by atoms with Crippen molar-refractivity contribution >= 4 is 72.5 Å². The van der Waals surface area contributed by atoms with Crippen molar-refractivity contribution in [1.29, 1.82) is 0 Å². The first-order valence-corrected chi connectivity index (χ1v) is 19.5. The van der Waals surface area contributed by atoms with Crippen LogP contribution in [0.5, 0.6) is 0 Å². The molecule has 0 fully saturated rings. The molecule has 0 saturated heterocycles. The lowest BCUT2D eigenvalue weighted by atomic mass is 10.00. The van der Waals surface area contributed by atoms with Crippen molar-refractivity contribution in [2.24, 2.45) is 9.98 Å². The van der Waals surface area contributed by atoms with Gasteiger partial charge in [-0.1, -0.05) is 103 Å². The number of hydrogen-bond donors (Lipinski definition) is 1. The maximum Gasteiger partial charge on any atom is 0.159 e. The molecule has 3 aromatic heterocycles. The molecule has 57 heavy (non-hydrogen) atoms. The molecule has 270 valence electrons. The summed E-state index contributed by atoms with van der Waals surface area (Å²) < 4.78 is 15.4. The molecule has 0 spiro atoms. The summed E-state index contributed by atoms with van der Waals surface area (Å²) in [6, 6.07) is 54.9. The molecule has 0 radical (unpaired) electrons. The fraction of sp³-hybridized carbons (Fsp3) is 0.0588. The summed E-state index contributed by atoms with van der Waals surface area (Å²) in [6.45, 7) is 0. The van der Waals surface area contributed by atoms with E-state index in [1.165, 1.54) is 22.2 Å². The molecule has 10 aromatic rings. The first kappa shape index (κ1) is 31.9. The monoisotopic (exact) mass is 734 g/mol. The van der Waals surface area contributed by atoms with Gasteiger partial charge in [0.05, 0.1) is 16.6 Å². The number of para-hydroxylation sites is 1. The van der Waals surface area contributed by atoms with Crippen LogP contribution in [-0.2, 0) is 6.42 Å². The van der Waals surface area contributed by atoms with Crippen LogP contribution < -0.4 is 5.32 Å². The molecule has 0 bridgehead atoms. The van der Waals surface area contributed by atoms with Crippen molar-refractivity contribution in [1.82, 2.24) is 9.88 Å². The van der Waals surface area contributed by atoms with Crippen LogP contribution in [0.4, 0.5) is 0 Å². The highest BCUT2D eigenvalue weighted by atomic mass is 16.3. The standard InChI is InChI=1S/C51H34N4O2/c1-3-12-31(13-4-1)49-52-50(32-14-5-2-6-15-32)54-51(53-49)35-24-27-44-39(29-35)38-25-22-34(30-47(38)57-44)33-23-26-45-40(28-33)48-43(20-11-21-46(48)56-45)55-41-18-9-7-16-36(41)37-17-8-10-19-42(37)55/h1-7,9-16,18-30,49H,8,17H2,(H,52,53,54). The molecule has 6 nitrogen and oxygen atoms in total. The highest BCUT2D eigenvalue weighted by Crippen LogP contribution is 2.41. The van der Waals surface area contributed by atoms with Crippen LogP contribution >= 0.6 is 0 Å². The van der Waals surface area contributed by atoms with Crippen molar-refractivity contribution < 1.29 is 8.83 Å². The minimum atomic E-state index is -0.265. The van der Waals surface area contributed by atoms with Gasteiger partial charge in [-0.05, 0) is 102 Å². The average molecular weight is 735 g/mol. The van der Waals surface area contributed by atoms with Gasteiger partial charge < -0.3 is 18.7 Å². The number of furan rings is 2. The van der Waals surface area contributed by atoms with Gasteiger partial charge in [-0.2, -0.15) is 0 Å². The van der Waals surface area contributed by atoms with E-state index in [4.69, 9.17) is 18.8 Å². The van der Waals surface area contributed by atoms with Crippen LogP contribution in [0.3, 0.4) is 0 Å². The zero-order valence-electron chi connectivity index (χ0n) is 30.8. The SMILES string of the molecule is C1=Cc2c(c3ccccc3n2-c2cccc3oc4ccc(-c5ccc6c(c5)oc5ccc(C7=NC(c8ccccc8)NC(c8ccccc8)=N7)cc56)cc4c23)CC1. The number of nitrogens with zero attached hydrogens (tertiary/aromatic N) is 3. The molecule has 1 aliphatic heterocycles. The summed E-state index contributed by atoms with van der Waals surface area (Å²) in [7, 11) is 0. The maximum absolute atomic E-state index is 6.53. The third-order valence-corrected chi connectivity index (χ3v) is 11.5. The molecule has 4 heterocycles. The lowest BCUT2D eigenvalue weighted by Gasteiger charge is -2.23. The normalized spacial score (nSPS) is 15.3. The van der Waals surface area contributed by atoms with E-state index in [0.29, 0.717) is 5.84 Å². The first-order valence-electron chi connectivity index (χ1n) is 19.5. The Labute approximate surface area is 327 Å². The third kappa shape index (κ3) is 5.11. The topological polar surface area (TPSA) is 68.0 Å². The summed E-state index contributed by atoms with van der Waals surface area (Å²) in [5.41, 5.74) is 13.6. The van der Waals surface area contributed by atoms with Crippen LogP contribution in [0.15, 0.2) is 183 Å². The van der Waals surface area contributed by atoms with Crippen LogP contribution in [0.2, 0.25) is 0 Å². The minimum absolute atomic E-state index is 0.265. The van der Waals surface area contributed by atoms with Crippen molar-refractivity contribution in [2.75, 3.05) is 0 Å². The summed E-state index contributed by atoms with van der Waals surface area (Å²) in [4.78, 5) is 10.1. The van der Waals surface area contributed by atoms with Gasteiger partial charge >= 0.3 is 0 Å². The number of benzene rings is 7.